The Morgan fingerprint density at radius 1 is 1.25 bits per heavy atom. The zero-order valence-corrected chi connectivity index (χ0v) is 14.1. The third-order valence-electron chi connectivity index (χ3n) is 2.19. The topological polar surface area (TPSA) is 84.2 Å². The number of aryl methyl sites for hydroxylation is 1. The van der Waals surface area contributed by atoms with E-state index in [1.165, 1.54) is 18.9 Å². The maximum Gasteiger partial charge on any atom is 0.382 e. The minimum Gasteiger partial charge on any atom is -0.388 e. The van der Waals surface area contributed by atoms with Crippen LogP contribution < -0.4 is 4.52 Å². The number of aromatic nitrogens is 5. The van der Waals surface area contributed by atoms with Crippen molar-refractivity contribution >= 4 is 34.5 Å². The van der Waals surface area contributed by atoms with Crippen molar-refractivity contribution in [2.45, 2.75) is 6.92 Å². The fourth-order valence-electron chi connectivity index (χ4n) is 1.26. The average molecular weight is 380 g/mol. The highest BCUT2D eigenvalue weighted by atomic mass is 79.9. The highest BCUT2D eigenvalue weighted by Crippen LogP contribution is 2.47. The lowest BCUT2D eigenvalue weighted by Gasteiger charge is -2.14. The molecule has 0 aliphatic rings. The Kier molecular flexibility index (Phi) is 4.82. The van der Waals surface area contributed by atoms with Gasteiger partial charge in [0.05, 0.1) is 4.47 Å². The molecule has 0 saturated heterocycles. The molecule has 0 radical (unpaired) electrons. The lowest BCUT2D eigenvalue weighted by atomic mass is 10.6. The van der Waals surface area contributed by atoms with Gasteiger partial charge in [-0.1, -0.05) is 0 Å². The Labute approximate surface area is 128 Å². The van der Waals surface area contributed by atoms with E-state index in [2.05, 4.69) is 36.0 Å². The van der Waals surface area contributed by atoms with Gasteiger partial charge in [0.25, 0.3) is 5.95 Å². The summed E-state index contributed by atoms with van der Waals surface area (Å²) in [4.78, 5) is 12.4. The van der Waals surface area contributed by atoms with Gasteiger partial charge in [0.1, 0.15) is 5.82 Å². The number of hydrogen-bond donors (Lipinski definition) is 0. The largest absolute Gasteiger partial charge is 0.388 e. The van der Waals surface area contributed by atoms with Gasteiger partial charge in [-0.3, -0.25) is 0 Å². The molecule has 0 amide bonds. The summed E-state index contributed by atoms with van der Waals surface area (Å²) < 4.78 is 17.6. The molecule has 0 atom stereocenters. The highest BCUT2D eigenvalue weighted by molar-refractivity contribution is 9.10. The average Bonchev–Trinajstić information content (AvgIpc) is 2.80. The van der Waals surface area contributed by atoms with E-state index in [1.807, 2.05) is 0 Å². The van der Waals surface area contributed by atoms with E-state index in [4.69, 9.17) is 25.4 Å². The highest BCUT2D eigenvalue weighted by Gasteiger charge is 2.22. The van der Waals surface area contributed by atoms with E-state index in [0.717, 1.165) is 4.47 Å². The van der Waals surface area contributed by atoms with Crippen molar-refractivity contribution in [2.75, 3.05) is 14.2 Å². The van der Waals surface area contributed by atoms with Crippen LogP contribution in [0.5, 0.6) is 6.01 Å². The van der Waals surface area contributed by atoms with Gasteiger partial charge in [-0.15, -0.1) is 5.10 Å². The predicted octanol–water partition coefficient (Wildman–Crippen LogP) is 2.02. The van der Waals surface area contributed by atoms with Gasteiger partial charge in [0.2, 0.25) is 0 Å². The molecule has 0 N–H and O–H groups in total. The summed E-state index contributed by atoms with van der Waals surface area (Å²) in [5.41, 5.74) is 0. The van der Waals surface area contributed by atoms with E-state index >= 15 is 0 Å². The molecule has 0 spiro atoms. The molecule has 2 aromatic heterocycles. The third kappa shape index (κ3) is 3.39. The third-order valence-corrected chi connectivity index (χ3v) is 5.00. The van der Waals surface area contributed by atoms with Crippen LogP contribution in [-0.2, 0) is 20.9 Å². The van der Waals surface area contributed by atoms with Crippen molar-refractivity contribution in [3.8, 4) is 12.0 Å². The molecule has 0 aromatic carbocycles. The first-order chi connectivity index (χ1) is 9.47. The lowest BCUT2D eigenvalue weighted by molar-refractivity contribution is 0.267. The van der Waals surface area contributed by atoms with Gasteiger partial charge in [0.15, 0.2) is 0 Å². The van der Waals surface area contributed by atoms with Crippen LogP contribution in [0.3, 0.4) is 0 Å². The fraction of sp³-hybridized carbons (Fsp3) is 0.333. The Hall–Kier alpha value is -0.930. The molecule has 20 heavy (non-hydrogen) atoms. The number of hydrogen-bond acceptors (Lipinski definition) is 8. The van der Waals surface area contributed by atoms with Crippen LogP contribution in [0.2, 0.25) is 0 Å². The molecule has 0 bridgehead atoms. The van der Waals surface area contributed by atoms with Crippen LogP contribution in [0.25, 0.3) is 5.95 Å². The Morgan fingerprint density at radius 2 is 1.85 bits per heavy atom. The van der Waals surface area contributed by atoms with Gasteiger partial charge in [0, 0.05) is 38.4 Å². The van der Waals surface area contributed by atoms with E-state index < -0.39 is 6.72 Å². The van der Waals surface area contributed by atoms with Crippen molar-refractivity contribution in [3.63, 3.8) is 0 Å². The molecule has 8 nitrogen and oxygen atoms in total. The van der Waals surface area contributed by atoms with Crippen LogP contribution >= 0.6 is 22.6 Å². The first-order valence-electron chi connectivity index (χ1n) is 5.30. The number of halogens is 1. The maximum absolute atomic E-state index is 5.38. The smallest absolute Gasteiger partial charge is 0.382 e. The van der Waals surface area contributed by atoms with Crippen LogP contribution in [0.15, 0.2) is 16.9 Å². The van der Waals surface area contributed by atoms with Crippen LogP contribution in [0.4, 0.5) is 0 Å². The maximum atomic E-state index is 5.38. The molecule has 108 valence electrons. The van der Waals surface area contributed by atoms with Crippen molar-refractivity contribution < 1.29 is 13.6 Å². The minimum absolute atomic E-state index is 0.0565. The summed E-state index contributed by atoms with van der Waals surface area (Å²) in [5, 5.41) is 4.13. The molecule has 0 aliphatic carbocycles. The van der Waals surface area contributed by atoms with Crippen molar-refractivity contribution in [3.05, 3.63) is 22.7 Å². The summed E-state index contributed by atoms with van der Waals surface area (Å²) in [5.74, 6) is 0.923. The molecule has 0 unspecified atom stereocenters. The monoisotopic (exact) mass is 379 g/mol. The fourth-order valence-corrected chi connectivity index (χ4v) is 2.24. The molecule has 2 aromatic rings. The quantitative estimate of drug-likeness (QED) is 0.729. The lowest BCUT2D eigenvalue weighted by Crippen LogP contribution is -2.04. The number of nitrogens with zero attached hydrogens (tertiary/aromatic N) is 5. The second-order valence-corrected chi connectivity index (χ2v) is 7.52. The molecule has 0 fully saturated rings. The summed E-state index contributed by atoms with van der Waals surface area (Å²) in [6.07, 6.45) is 3.22. The first-order valence-corrected chi connectivity index (χ1v) is 8.65. The minimum atomic E-state index is -2.86. The van der Waals surface area contributed by atoms with Gasteiger partial charge in [-0.25, -0.2) is 9.97 Å². The first kappa shape index (κ1) is 15.5. The molecule has 0 saturated carbocycles. The molecule has 2 heterocycles. The van der Waals surface area contributed by atoms with Crippen LogP contribution in [0, 0.1) is 6.92 Å². The standard InChI is InChI=1S/C9H11BrN5O3PS/c1-6-13-9(18-19(20,16-2)17-3)14-15(6)8-11-4-7(10)5-12-8/h4-5H,1-3H3. The van der Waals surface area contributed by atoms with Gasteiger partial charge in [-0.05, 0) is 22.9 Å². The van der Waals surface area contributed by atoms with Gasteiger partial charge in [-0.2, -0.15) is 9.67 Å². The van der Waals surface area contributed by atoms with Gasteiger partial charge >= 0.3 is 12.7 Å². The van der Waals surface area contributed by atoms with E-state index in [9.17, 15) is 0 Å². The van der Waals surface area contributed by atoms with Crippen LogP contribution in [-0.4, -0.2) is 39.0 Å². The zero-order chi connectivity index (χ0) is 14.8. The molecular weight excluding hydrogens is 369 g/mol. The second-order valence-electron chi connectivity index (χ2n) is 3.46. The Morgan fingerprint density at radius 3 is 2.40 bits per heavy atom. The van der Waals surface area contributed by atoms with Crippen LogP contribution in [0.1, 0.15) is 5.82 Å². The Bertz CT molecular complexity index is 642. The second kappa shape index (κ2) is 6.23. The van der Waals surface area contributed by atoms with Crippen molar-refractivity contribution in [2.24, 2.45) is 0 Å². The Balaban J connectivity index is 2.30. The van der Waals surface area contributed by atoms with Crippen molar-refractivity contribution in [1.82, 2.24) is 24.7 Å². The van der Waals surface area contributed by atoms with E-state index in [0.29, 0.717) is 11.8 Å². The van der Waals surface area contributed by atoms with E-state index in [1.54, 1.807) is 19.3 Å². The molecule has 0 aliphatic heterocycles. The molecule has 2 rings (SSSR count). The summed E-state index contributed by atoms with van der Waals surface area (Å²) in [6.45, 7) is -1.12. The molecule has 11 heteroatoms. The zero-order valence-electron chi connectivity index (χ0n) is 10.8. The van der Waals surface area contributed by atoms with Crippen molar-refractivity contribution in [1.29, 1.82) is 0 Å². The summed E-state index contributed by atoms with van der Waals surface area (Å²) >= 11 is 8.35. The SMILES string of the molecule is COP(=S)(OC)Oc1nc(C)n(-c2ncc(Br)cn2)n1. The van der Waals surface area contributed by atoms with E-state index in [-0.39, 0.29) is 6.01 Å². The number of rotatable bonds is 5. The normalized spacial score (nSPS) is 11.6. The van der Waals surface area contributed by atoms with Gasteiger partial charge < -0.3 is 13.6 Å². The summed E-state index contributed by atoms with van der Waals surface area (Å²) in [6, 6.07) is 0.0565. The predicted molar refractivity (Wildman–Crippen MR) is 78.3 cm³/mol. The summed E-state index contributed by atoms with van der Waals surface area (Å²) in [7, 11) is 2.82. The molecular formula is C9H11BrN5O3PS.